The Hall–Kier alpha value is -3.23. The Morgan fingerprint density at radius 1 is 1.21 bits per heavy atom. The summed E-state index contributed by atoms with van der Waals surface area (Å²) in [6.07, 6.45) is 2.66. The Bertz CT molecular complexity index is 1300. The summed E-state index contributed by atoms with van der Waals surface area (Å²) in [5.41, 5.74) is 5.84. The van der Waals surface area contributed by atoms with Crippen molar-refractivity contribution in [1.29, 1.82) is 0 Å². The molecule has 1 saturated heterocycles. The van der Waals surface area contributed by atoms with Crippen molar-refractivity contribution in [2.45, 2.75) is 52.7 Å². The van der Waals surface area contributed by atoms with Crippen LogP contribution < -0.4 is 5.32 Å². The highest BCUT2D eigenvalue weighted by molar-refractivity contribution is 7.14. The van der Waals surface area contributed by atoms with Crippen LogP contribution in [0.25, 0.3) is 22.7 Å². The van der Waals surface area contributed by atoms with E-state index in [2.05, 4.69) is 39.8 Å². The van der Waals surface area contributed by atoms with Crippen molar-refractivity contribution >= 4 is 22.4 Å². The van der Waals surface area contributed by atoms with E-state index in [0.29, 0.717) is 22.5 Å². The summed E-state index contributed by atoms with van der Waals surface area (Å²) in [5.74, 6) is 1.00. The summed E-state index contributed by atoms with van der Waals surface area (Å²) >= 11 is 1.43. The van der Waals surface area contributed by atoms with Gasteiger partial charge in [-0.3, -0.25) is 4.79 Å². The van der Waals surface area contributed by atoms with Gasteiger partial charge in [-0.05, 0) is 51.8 Å². The van der Waals surface area contributed by atoms with Crippen LogP contribution in [0.3, 0.4) is 0 Å². The quantitative estimate of drug-likeness (QED) is 0.378. The first-order valence-electron chi connectivity index (χ1n) is 11.5. The van der Waals surface area contributed by atoms with E-state index in [4.69, 9.17) is 9.15 Å². The van der Waals surface area contributed by atoms with Crippen LogP contribution in [0.1, 0.15) is 35.7 Å². The number of carbonyl (C=O) groups is 1. The van der Waals surface area contributed by atoms with Gasteiger partial charge in [-0.2, -0.15) is 0 Å². The molecule has 1 atom stereocenters. The first-order valence-corrected chi connectivity index (χ1v) is 12.4. The molecule has 1 N–H and O–H groups in total. The van der Waals surface area contributed by atoms with Crippen LogP contribution in [0.4, 0.5) is 5.13 Å². The van der Waals surface area contributed by atoms with Crippen molar-refractivity contribution in [3.05, 3.63) is 64.6 Å². The fourth-order valence-electron chi connectivity index (χ4n) is 4.40. The molecule has 0 aliphatic carbocycles. The maximum atomic E-state index is 12.7. The van der Waals surface area contributed by atoms with E-state index in [-0.39, 0.29) is 18.4 Å². The van der Waals surface area contributed by atoms with Gasteiger partial charge < -0.3 is 19.0 Å². The number of aromatic nitrogens is 3. The van der Waals surface area contributed by atoms with Crippen LogP contribution >= 0.6 is 11.3 Å². The van der Waals surface area contributed by atoms with Crippen molar-refractivity contribution < 1.29 is 13.9 Å². The number of benzene rings is 1. The van der Waals surface area contributed by atoms with Gasteiger partial charge in [-0.15, -0.1) is 11.3 Å². The molecule has 5 rings (SSSR count). The highest BCUT2D eigenvalue weighted by Crippen LogP contribution is 2.31. The number of carbonyl (C=O) groups excluding carboxylic acids is 1. The van der Waals surface area contributed by atoms with Gasteiger partial charge in [-0.1, -0.05) is 18.2 Å². The maximum Gasteiger partial charge on any atom is 0.232 e. The topological polar surface area (TPSA) is 82.2 Å². The smallest absolute Gasteiger partial charge is 0.232 e. The summed E-state index contributed by atoms with van der Waals surface area (Å²) in [4.78, 5) is 21.9. The zero-order valence-electron chi connectivity index (χ0n) is 19.6. The highest BCUT2D eigenvalue weighted by atomic mass is 32.1. The third kappa shape index (κ3) is 4.69. The van der Waals surface area contributed by atoms with Crippen LogP contribution in [0, 0.1) is 20.8 Å². The van der Waals surface area contributed by atoms with E-state index >= 15 is 0 Å². The number of hydrogen-bond donors (Lipinski definition) is 1. The fourth-order valence-corrected chi connectivity index (χ4v) is 5.13. The Kier molecular flexibility index (Phi) is 6.34. The minimum Gasteiger partial charge on any atom is -0.441 e. The summed E-state index contributed by atoms with van der Waals surface area (Å²) < 4.78 is 13.9. The zero-order chi connectivity index (χ0) is 23.7. The molecular formula is C26H28N4O3S. The molecule has 0 unspecified atom stereocenters. The van der Waals surface area contributed by atoms with Gasteiger partial charge in [0.15, 0.2) is 5.13 Å². The average molecular weight is 477 g/mol. The maximum absolute atomic E-state index is 12.7. The van der Waals surface area contributed by atoms with Gasteiger partial charge in [0.05, 0.1) is 23.9 Å². The Morgan fingerprint density at radius 2 is 2.03 bits per heavy atom. The van der Waals surface area contributed by atoms with E-state index in [0.717, 1.165) is 42.8 Å². The molecule has 1 aliphatic heterocycles. The number of oxazole rings is 1. The van der Waals surface area contributed by atoms with Gasteiger partial charge in [-0.25, -0.2) is 9.97 Å². The molecule has 1 aliphatic rings. The third-order valence-corrected chi connectivity index (χ3v) is 7.01. The second kappa shape index (κ2) is 9.56. The number of rotatable bonds is 7. The van der Waals surface area contributed by atoms with E-state index < -0.39 is 0 Å². The molecule has 176 valence electrons. The third-order valence-electron chi connectivity index (χ3n) is 6.25. The van der Waals surface area contributed by atoms with Crippen molar-refractivity contribution in [3.8, 4) is 22.7 Å². The predicted octanol–water partition coefficient (Wildman–Crippen LogP) is 5.55. The lowest BCUT2D eigenvalue weighted by Crippen LogP contribution is -2.16. The van der Waals surface area contributed by atoms with Crippen LogP contribution in [-0.4, -0.2) is 33.2 Å². The van der Waals surface area contributed by atoms with Crippen molar-refractivity contribution in [1.82, 2.24) is 14.5 Å². The van der Waals surface area contributed by atoms with E-state index in [1.54, 1.807) is 0 Å². The number of aryl methyl sites for hydroxylation is 2. The number of hydrogen-bond acceptors (Lipinski definition) is 6. The van der Waals surface area contributed by atoms with Crippen molar-refractivity contribution in [3.63, 3.8) is 0 Å². The predicted molar refractivity (Wildman–Crippen MR) is 133 cm³/mol. The molecule has 0 spiro atoms. The molecule has 7 nitrogen and oxygen atoms in total. The van der Waals surface area contributed by atoms with Gasteiger partial charge in [0.2, 0.25) is 11.8 Å². The summed E-state index contributed by atoms with van der Waals surface area (Å²) in [7, 11) is 0. The van der Waals surface area contributed by atoms with E-state index in [1.807, 2.05) is 42.6 Å². The Balaban J connectivity index is 1.26. The van der Waals surface area contributed by atoms with Gasteiger partial charge >= 0.3 is 0 Å². The first-order chi connectivity index (χ1) is 16.5. The molecule has 3 aromatic heterocycles. The second-order valence-electron chi connectivity index (χ2n) is 8.68. The molecular weight excluding hydrogens is 448 g/mol. The molecule has 1 amide bonds. The summed E-state index contributed by atoms with van der Waals surface area (Å²) in [6, 6.07) is 11.8. The molecule has 0 radical (unpaired) electrons. The number of amides is 1. The zero-order valence-corrected chi connectivity index (χ0v) is 20.4. The normalized spacial score (nSPS) is 15.7. The number of thiazole rings is 1. The van der Waals surface area contributed by atoms with E-state index in [1.165, 1.54) is 22.7 Å². The SMILES string of the molecule is Cc1oc(-c2ccccc2)nc1CC(=O)Nc1nc(-c2cc(C)n(C[C@H]3CCCO3)c2C)cs1. The monoisotopic (exact) mass is 476 g/mol. The van der Waals surface area contributed by atoms with Gasteiger partial charge in [0, 0.05) is 41.0 Å². The lowest BCUT2D eigenvalue weighted by Gasteiger charge is -2.14. The minimum atomic E-state index is -0.166. The molecule has 0 bridgehead atoms. The lowest BCUT2D eigenvalue weighted by molar-refractivity contribution is -0.115. The summed E-state index contributed by atoms with van der Waals surface area (Å²) in [6.45, 7) is 7.79. The lowest BCUT2D eigenvalue weighted by atomic mass is 10.2. The van der Waals surface area contributed by atoms with Gasteiger partial charge in [0.25, 0.3) is 0 Å². The number of ether oxygens (including phenoxy) is 1. The highest BCUT2D eigenvalue weighted by Gasteiger charge is 2.21. The molecule has 34 heavy (non-hydrogen) atoms. The largest absolute Gasteiger partial charge is 0.441 e. The molecule has 1 fully saturated rings. The average Bonchev–Trinajstić information content (AvgIpc) is 3.61. The molecule has 1 aromatic carbocycles. The Morgan fingerprint density at radius 3 is 2.79 bits per heavy atom. The van der Waals surface area contributed by atoms with Crippen LogP contribution in [0.5, 0.6) is 0 Å². The van der Waals surface area contributed by atoms with Crippen LogP contribution in [-0.2, 0) is 22.5 Å². The second-order valence-corrected chi connectivity index (χ2v) is 9.54. The molecule has 4 aromatic rings. The fraction of sp³-hybridized carbons (Fsp3) is 0.346. The Labute approximate surface area is 202 Å². The van der Waals surface area contributed by atoms with Crippen LogP contribution in [0.2, 0.25) is 0 Å². The molecule has 8 heteroatoms. The standard InChI is InChI=1S/C26H28N4O3S/c1-16-12-21(17(2)30(16)14-20-10-7-11-32-20)23-15-34-26(28-23)29-24(31)13-22-18(3)33-25(27-22)19-8-5-4-6-9-19/h4-6,8-9,12,15,20H,7,10-11,13-14H2,1-3H3,(H,28,29,31)/t20-/m1/s1. The number of nitrogens with zero attached hydrogens (tertiary/aromatic N) is 3. The van der Waals surface area contributed by atoms with Crippen LogP contribution in [0.15, 0.2) is 46.2 Å². The number of anilines is 1. The summed E-state index contributed by atoms with van der Waals surface area (Å²) in [5, 5.41) is 5.48. The number of nitrogens with one attached hydrogen (secondary N) is 1. The molecule has 0 saturated carbocycles. The first kappa shape index (κ1) is 22.6. The molecule has 4 heterocycles. The van der Waals surface area contributed by atoms with Gasteiger partial charge in [0.1, 0.15) is 5.76 Å². The van der Waals surface area contributed by atoms with Crippen molar-refractivity contribution in [2.24, 2.45) is 0 Å². The van der Waals surface area contributed by atoms with E-state index in [9.17, 15) is 4.79 Å². The minimum absolute atomic E-state index is 0.132. The van der Waals surface area contributed by atoms with Crippen molar-refractivity contribution in [2.75, 3.05) is 11.9 Å².